The van der Waals surface area contributed by atoms with E-state index in [9.17, 15) is 0 Å². The Kier molecular flexibility index (Phi) is 22.3. The van der Waals surface area contributed by atoms with Gasteiger partial charge in [-0.1, -0.05) is 0 Å². The third-order valence-corrected chi connectivity index (χ3v) is 0. The maximum atomic E-state index is 8.59. The van der Waals surface area contributed by atoms with Crippen LogP contribution in [0.4, 0.5) is 0 Å². The van der Waals surface area contributed by atoms with E-state index in [0.717, 1.165) is 0 Å². The molecule has 17 heavy (non-hydrogen) atoms. The average molecular weight is 452 g/mol. The first-order valence-corrected chi connectivity index (χ1v) is 8.25. The summed E-state index contributed by atoms with van der Waals surface area (Å²) in [5.41, 5.74) is 0. The molecule has 0 bridgehead atoms. The molecule has 0 aliphatic rings. The van der Waals surface area contributed by atoms with E-state index in [0.29, 0.717) is 0 Å². The van der Waals surface area contributed by atoms with Gasteiger partial charge in [0.15, 0.2) is 0 Å². The van der Waals surface area contributed by atoms with Crippen LogP contribution in [0.5, 0.6) is 0 Å². The van der Waals surface area contributed by atoms with Crippen molar-refractivity contribution in [2.24, 2.45) is 0 Å². The molecule has 0 amide bonds. The molecule has 0 unspecified atom stereocenters. The van der Waals surface area contributed by atoms with E-state index < -0.39 is 40.8 Å². The monoisotopic (exact) mass is 452 g/mol. The Labute approximate surface area is 122 Å². The van der Waals surface area contributed by atoms with E-state index in [-0.39, 0.29) is 34.7 Å². The second kappa shape index (κ2) is 12.3. The molecule has 2 radical (unpaired) electrons. The molecule has 17 heteroatoms. The van der Waals surface area contributed by atoms with Gasteiger partial charge in [-0.2, -0.15) is 0 Å². The minimum atomic E-state index is -5.75. The van der Waals surface area contributed by atoms with Crippen molar-refractivity contribution in [1.82, 2.24) is 0 Å². The molecule has 102 valence electrons. The van der Waals surface area contributed by atoms with Gasteiger partial charge in [-0.25, -0.2) is 0 Å². The summed E-state index contributed by atoms with van der Waals surface area (Å²) in [6.45, 7) is 0. The van der Waals surface area contributed by atoms with E-state index >= 15 is 0 Å². The average Bonchev–Trinajstić information content (AvgIpc) is 1.41. The first-order chi connectivity index (χ1) is 6.00. The van der Waals surface area contributed by atoms with E-state index in [1.165, 1.54) is 0 Å². The van der Waals surface area contributed by atoms with Gasteiger partial charge in [-0.3, -0.25) is 0 Å². The molecule has 0 heterocycles. The molecular formula is Cr5O12. The predicted octanol–water partition coefficient (Wildman–Crippen LogP) is -7.86. The summed E-state index contributed by atoms with van der Waals surface area (Å²) >= 11 is -17.2. The molecule has 0 aromatic rings. The van der Waals surface area contributed by atoms with Crippen LogP contribution in [0.2, 0.25) is 0 Å². The Morgan fingerprint density at radius 2 is 0.412 bits per heavy atom. The fraction of sp³-hybridized carbons (Fsp3) is 0. The van der Waals surface area contributed by atoms with E-state index in [2.05, 4.69) is 0 Å². The van der Waals surface area contributed by atoms with Crippen molar-refractivity contribution in [2.75, 3.05) is 0 Å². The molecular weight excluding hydrogens is 452 g/mol. The fourth-order valence-electron chi connectivity index (χ4n) is 0. The van der Waals surface area contributed by atoms with Crippen LogP contribution < -0.4 is 24.9 Å². The molecule has 0 aliphatic heterocycles. The molecule has 0 N–H and O–H groups in total. The Morgan fingerprint density at radius 1 is 0.412 bits per heavy atom. The van der Waals surface area contributed by atoms with Gasteiger partial charge in [-0.15, -0.1) is 0 Å². The van der Waals surface area contributed by atoms with Crippen LogP contribution in [0.1, 0.15) is 0 Å². The zero-order valence-corrected chi connectivity index (χ0v) is 13.3. The van der Waals surface area contributed by atoms with Crippen LogP contribution in [0, 0.1) is 0 Å². The van der Waals surface area contributed by atoms with Crippen molar-refractivity contribution in [3.05, 3.63) is 0 Å². The number of rotatable bonds is 0. The Balaban J connectivity index is -0.0000000400. The van der Waals surface area contributed by atoms with Crippen molar-refractivity contribution in [3.63, 3.8) is 0 Å². The van der Waals surface area contributed by atoms with Crippen LogP contribution in [-0.2, 0) is 98.4 Å². The second-order valence-corrected chi connectivity index (χ2v) is 5.05. The molecule has 0 spiro atoms. The van der Waals surface area contributed by atoms with E-state index in [1.807, 2.05) is 0 Å². The van der Waals surface area contributed by atoms with Gasteiger partial charge in [0.2, 0.25) is 0 Å². The quantitative estimate of drug-likeness (QED) is 0.333. The first kappa shape index (κ1) is 30.9. The van der Waals surface area contributed by atoms with Crippen LogP contribution in [0.25, 0.3) is 0 Å². The van der Waals surface area contributed by atoms with Crippen molar-refractivity contribution in [2.45, 2.75) is 0 Å². The van der Waals surface area contributed by atoms with Crippen molar-refractivity contribution >= 4 is 0 Å². The van der Waals surface area contributed by atoms with Crippen LogP contribution in [-0.4, -0.2) is 0 Å². The predicted molar refractivity (Wildman–Crippen MR) is 4.12 cm³/mol. The normalized spacial score (nSPS) is 10.2. The van der Waals surface area contributed by atoms with Crippen LogP contribution >= 0.6 is 0 Å². The summed E-state index contributed by atoms with van der Waals surface area (Å²) in [5, 5.41) is 0. The van der Waals surface area contributed by atoms with Gasteiger partial charge in [0, 0.05) is 0 Å². The number of hydrogen-bond donors (Lipinski definition) is 0. The zero-order valence-electron chi connectivity index (χ0n) is 6.94. The van der Waals surface area contributed by atoms with Gasteiger partial charge in [-0.05, 0) is 0 Å². The third-order valence-electron chi connectivity index (χ3n) is 0. The molecule has 12 nitrogen and oxygen atoms in total. The Hall–Kier alpha value is 1.22. The molecule has 0 aromatic heterocycles. The Bertz CT molecular complexity index is 336. The van der Waals surface area contributed by atoms with Gasteiger partial charge in [0.05, 0.1) is 0 Å². The first-order valence-electron chi connectivity index (χ1n) is 2.00. The minimum absolute atomic E-state index is 0. The summed E-state index contributed by atoms with van der Waals surface area (Å²) < 4.78 is 103. The maximum absolute atomic E-state index is 8.59. The van der Waals surface area contributed by atoms with Gasteiger partial charge >= 0.3 is 123 Å². The topological polar surface area (TPSA) is 241 Å². The Morgan fingerprint density at radius 3 is 0.412 bits per heavy atom. The van der Waals surface area contributed by atoms with Gasteiger partial charge in [0.25, 0.3) is 0 Å². The molecule has 0 saturated carbocycles. The van der Waals surface area contributed by atoms with Crippen LogP contribution in [0.15, 0.2) is 0 Å². The summed E-state index contributed by atoms with van der Waals surface area (Å²) in [4.78, 5) is 0. The van der Waals surface area contributed by atoms with Gasteiger partial charge < -0.3 is 0 Å². The summed E-state index contributed by atoms with van der Waals surface area (Å²) in [5.74, 6) is 0. The van der Waals surface area contributed by atoms with E-state index in [1.54, 1.807) is 0 Å². The van der Waals surface area contributed by atoms with E-state index in [4.69, 9.17) is 47.8 Å². The van der Waals surface area contributed by atoms with Crippen molar-refractivity contribution < 1.29 is 123 Å². The molecule has 0 fully saturated rings. The summed E-state index contributed by atoms with van der Waals surface area (Å²) in [6.07, 6.45) is 0. The second-order valence-electron chi connectivity index (χ2n) is 1.22. The summed E-state index contributed by atoms with van der Waals surface area (Å²) in [6, 6.07) is 0. The molecule has 0 saturated heterocycles. The fourth-order valence-corrected chi connectivity index (χ4v) is 0. The summed E-state index contributed by atoms with van der Waals surface area (Å²) in [7, 11) is 0. The third kappa shape index (κ3) is 2670. The molecule has 0 rings (SSSR count). The molecule has 0 atom stereocenters. The van der Waals surface area contributed by atoms with Gasteiger partial charge in [0.1, 0.15) is 0 Å². The molecule has 0 aromatic carbocycles. The van der Waals surface area contributed by atoms with Crippen molar-refractivity contribution in [1.29, 1.82) is 0 Å². The standard InChI is InChI=1S/5Cr.12O/q;;;2*+3;;;;;;;6*-1. The molecule has 0 aliphatic carbocycles. The van der Waals surface area contributed by atoms with Crippen LogP contribution in [0.3, 0.4) is 0 Å². The van der Waals surface area contributed by atoms with Crippen molar-refractivity contribution in [3.8, 4) is 0 Å². The number of hydrogen-bond acceptors (Lipinski definition) is 12. The SMILES string of the molecule is [Cr+3].[Cr+3].[O]=[Cr](=[O])([O-])[O-].[O]=[Cr](=[O])([O-])[O-].[O]=[Cr](=[O])([O-])[O-]. The zero-order chi connectivity index (χ0) is 13.5.